The lowest BCUT2D eigenvalue weighted by Crippen LogP contribution is -2.38. The molecule has 0 atom stereocenters. The predicted octanol–water partition coefficient (Wildman–Crippen LogP) is 2.91. The number of hydrogen-bond acceptors (Lipinski definition) is 1. The minimum absolute atomic E-state index is 0.311. The highest BCUT2D eigenvalue weighted by Gasteiger charge is 2.36. The molecule has 0 radical (unpaired) electrons. The lowest BCUT2D eigenvalue weighted by atomic mass is 9.78. The van der Waals surface area contributed by atoms with Gasteiger partial charge >= 0.3 is 0 Å². The Bertz CT molecular complexity index is 412. The van der Waals surface area contributed by atoms with Crippen molar-refractivity contribution < 1.29 is 4.79 Å². The molecule has 0 N–H and O–H groups in total. The van der Waals surface area contributed by atoms with Gasteiger partial charge in [0.2, 0.25) is 0 Å². The molecule has 2 aliphatic carbocycles. The molecule has 0 unspecified atom stereocenters. The molecule has 15 heavy (non-hydrogen) atoms. The lowest BCUT2D eigenvalue weighted by molar-refractivity contribution is 0.0968. The fourth-order valence-electron chi connectivity index (χ4n) is 2.96. The van der Waals surface area contributed by atoms with E-state index in [1.165, 1.54) is 25.0 Å². The molecule has 2 heteroatoms. The molecule has 0 aromatic carbocycles. The summed E-state index contributed by atoms with van der Waals surface area (Å²) in [5, 5.41) is 0. The van der Waals surface area contributed by atoms with Crippen LogP contribution in [0, 0.1) is 0 Å². The van der Waals surface area contributed by atoms with Crippen LogP contribution in [0.25, 0.3) is 0 Å². The maximum Gasteiger partial charge on any atom is 0.164 e. The van der Waals surface area contributed by atoms with E-state index in [1.807, 2.05) is 6.07 Å². The molecule has 1 fully saturated rings. The molecule has 3 rings (SSSR count). The van der Waals surface area contributed by atoms with Gasteiger partial charge in [0, 0.05) is 29.4 Å². The van der Waals surface area contributed by atoms with Crippen molar-refractivity contribution in [1.82, 2.24) is 4.57 Å². The van der Waals surface area contributed by atoms with Crippen molar-refractivity contribution in [3.8, 4) is 0 Å². The Morgan fingerprint density at radius 2 is 2.07 bits per heavy atom. The van der Waals surface area contributed by atoms with E-state index in [4.69, 9.17) is 0 Å². The fraction of sp³-hybridized carbons (Fsp3) is 0.615. The molecule has 1 aromatic rings. The molecule has 1 heterocycles. The Morgan fingerprint density at radius 3 is 2.73 bits per heavy atom. The molecular formula is C13H17NO. The summed E-state index contributed by atoms with van der Waals surface area (Å²) in [6.07, 6.45) is 8.86. The number of ketones is 1. The van der Waals surface area contributed by atoms with Crippen LogP contribution >= 0.6 is 0 Å². The van der Waals surface area contributed by atoms with Crippen LogP contribution < -0.4 is 0 Å². The summed E-state index contributed by atoms with van der Waals surface area (Å²) in [4.78, 5) is 11.7. The van der Waals surface area contributed by atoms with Crippen molar-refractivity contribution in [3.63, 3.8) is 0 Å². The Morgan fingerprint density at radius 1 is 1.27 bits per heavy atom. The van der Waals surface area contributed by atoms with Crippen LogP contribution in [0.4, 0.5) is 0 Å². The van der Waals surface area contributed by atoms with Gasteiger partial charge in [-0.1, -0.05) is 0 Å². The summed E-state index contributed by atoms with van der Waals surface area (Å²) in [6, 6.07) is 2.03. The first-order valence-corrected chi connectivity index (χ1v) is 5.95. The highest BCUT2D eigenvalue weighted by atomic mass is 16.1. The number of nitrogens with zero attached hydrogens (tertiary/aromatic N) is 1. The Balaban J connectivity index is 2.07. The summed E-state index contributed by atoms with van der Waals surface area (Å²) in [6.45, 7) is 2.32. The minimum Gasteiger partial charge on any atom is -0.345 e. The van der Waals surface area contributed by atoms with Gasteiger partial charge in [0.1, 0.15) is 0 Å². The Kier molecular flexibility index (Phi) is 1.82. The van der Waals surface area contributed by atoms with Gasteiger partial charge in [-0.3, -0.25) is 4.79 Å². The van der Waals surface area contributed by atoms with E-state index in [0.29, 0.717) is 11.3 Å². The zero-order chi connectivity index (χ0) is 10.5. The first-order valence-electron chi connectivity index (χ1n) is 5.95. The third kappa shape index (κ3) is 1.20. The van der Waals surface area contributed by atoms with Crippen LogP contribution in [-0.4, -0.2) is 10.4 Å². The summed E-state index contributed by atoms with van der Waals surface area (Å²) in [5.41, 5.74) is 2.61. The SMILES string of the molecule is CC1(n2ccc3c2CCCC3=O)CCC1. The van der Waals surface area contributed by atoms with Crippen LogP contribution in [0.1, 0.15) is 55.1 Å². The maximum atomic E-state index is 11.7. The van der Waals surface area contributed by atoms with E-state index in [9.17, 15) is 4.79 Å². The molecule has 2 nitrogen and oxygen atoms in total. The largest absolute Gasteiger partial charge is 0.345 e. The minimum atomic E-state index is 0.311. The highest BCUT2D eigenvalue weighted by Crippen LogP contribution is 2.41. The number of fused-ring (bicyclic) bond motifs is 1. The zero-order valence-corrected chi connectivity index (χ0v) is 9.25. The second kappa shape index (κ2) is 2.97. The molecule has 2 aliphatic rings. The van der Waals surface area contributed by atoms with Crippen LogP contribution in [0.5, 0.6) is 0 Å². The van der Waals surface area contributed by atoms with E-state index in [2.05, 4.69) is 17.7 Å². The summed E-state index contributed by atoms with van der Waals surface area (Å²) >= 11 is 0. The summed E-state index contributed by atoms with van der Waals surface area (Å²) < 4.78 is 2.38. The zero-order valence-electron chi connectivity index (χ0n) is 9.25. The van der Waals surface area contributed by atoms with Crippen molar-refractivity contribution in [3.05, 3.63) is 23.5 Å². The molecule has 0 aliphatic heterocycles. The number of hydrogen-bond donors (Lipinski definition) is 0. The van der Waals surface area contributed by atoms with Crippen LogP contribution in [0.3, 0.4) is 0 Å². The van der Waals surface area contributed by atoms with E-state index in [-0.39, 0.29) is 0 Å². The van der Waals surface area contributed by atoms with Gasteiger partial charge in [-0.25, -0.2) is 0 Å². The normalized spacial score (nSPS) is 23.4. The van der Waals surface area contributed by atoms with Crippen LogP contribution in [0.2, 0.25) is 0 Å². The van der Waals surface area contributed by atoms with E-state index < -0.39 is 0 Å². The van der Waals surface area contributed by atoms with Crippen molar-refractivity contribution in [2.75, 3.05) is 0 Å². The number of rotatable bonds is 1. The van der Waals surface area contributed by atoms with Gasteiger partial charge in [-0.2, -0.15) is 0 Å². The molecule has 0 amide bonds. The molecule has 1 aromatic heterocycles. The summed E-state index contributed by atoms with van der Waals surface area (Å²) in [7, 11) is 0. The molecule has 0 bridgehead atoms. The molecule has 1 saturated carbocycles. The second-order valence-corrected chi connectivity index (χ2v) is 5.17. The first-order chi connectivity index (χ1) is 7.21. The first kappa shape index (κ1) is 9.20. The van der Waals surface area contributed by atoms with Crippen LogP contribution in [-0.2, 0) is 12.0 Å². The van der Waals surface area contributed by atoms with Gasteiger partial charge in [-0.15, -0.1) is 0 Å². The number of aromatic nitrogens is 1. The monoisotopic (exact) mass is 203 g/mol. The second-order valence-electron chi connectivity index (χ2n) is 5.17. The Hall–Kier alpha value is -1.05. The van der Waals surface area contributed by atoms with Gasteiger partial charge in [0.15, 0.2) is 5.78 Å². The topological polar surface area (TPSA) is 22.0 Å². The summed E-state index contributed by atoms with van der Waals surface area (Å²) in [5.74, 6) is 0.345. The third-order valence-electron chi connectivity index (χ3n) is 4.12. The van der Waals surface area contributed by atoms with Gasteiger partial charge in [-0.05, 0) is 45.1 Å². The number of carbonyl (C=O) groups excluding carboxylic acids is 1. The van der Waals surface area contributed by atoms with Crippen molar-refractivity contribution in [1.29, 1.82) is 0 Å². The number of Topliss-reactive ketones (excluding diaryl/α,β-unsaturated/α-hetero) is 1. The number of carbonyl (C=O) groups is 1. The standard InChI is InChI=1S/C13H17NO/c1-13(7-3-8-13)14-9-6-10-11(14)4-2-5-12(10)15/h6,9H,2-5,7-8H2,1H3. The van der Waals surface area contributed by atoms with E-state index in [1.54, 1.807) is 0 Å². The fourth-order valence-corrected chi connectivity index (χ4v) is 2.96. The lowest BCUT2D eigenvalue weighted by Gasteiger charge is -2.42. The van der Waals surface area contributed by atoms with Gasteiger partial charge in [0.05, 0.1) is 0 Å². The highest BCUT2D eigenvalue weighted by molar-refractivity contribution is 5.98. The quantitative estimate of drug-likeness (QED) is 0.688. The smallest absolute Gasteiger partial charge is 0.164 e. The van der Waals surface area contributed by atoms with Crippen molar-refractivity contribution in [2.24, 2.45) is 0 Å². The molecule has 0 spiro atoms. The maximum absolute atomic E-state index is 11.7. The average Bonchev–Trinajstić information content (AvgIpc) is 2.60. The Labute approximate surface area is 90.3 Å². The molecular weight excluding hydrogens is 186 g/mol. The molecule has 0 saturated heterocycles. The van der Waals surface area contributed by atoms with E-state index >= 15 is 0 Å². The van der Waals surface area contributed by atoms with Crippen molar-refractivity contribution in [2.45, 2.75) is 51.0 Å². The van der Waals surface area contributed by atoms with Gasteiger partial charge < -0.3 is 4.57 Å². The average molecular weight is 203 g/mol. The predicted molar refractivity (Wildman–Crippen MR) is 59.2 cm³/mol. The van der Waals surface area contributed by atoms with E-state index in [0.717, 1.165) is 24.8 Å². The van der Waals surface area contributed by atoms with Crippen molar-refractivity contribution >= 4 is 5.78 Å². The molecule has 80 valence electrons. The third-order valence-corrected chi connectivity index (χ3v) is 4.12. The van der Waals surface area contributed by atoms with Gasteiger partial charge in [0.25, 0.3) is 0 Å². The van der Waals surface area contributed by atoms with Crippen LogP contribution in [0.15, 0.2) is 12.3 Å².